The standard InChI is InChI=1S/C44H72N12O12/c1-21(2)33-39(63)47-19-31(59)53-35(23(5)6)41(65)49-26(10)44(68)56-16-12-14-28(56)38(62)46-18-30(58)52-34(22(3)4)40(64)48-20-32(60)54-36(24(7)8)42(66)50-25(9)43(67)55-15-11-13-27(55)37(61)45-17-29(57)51-33/h21-28,33-36H,11-20H2,1-10H3,(H,45,61)(H,46,62)(H,47,63)(H,48,64)(H,49,65)(H,50,66)(H,51,57)(H,52,58)(H,53,59)(H,54,60). The molecule has 68 heavy (non-hydrogen) atoms. The summed E-state index contributed by atoms with van der Waals surface area (Å²) in [4.78, 5) is 162. The van der Waals surface area contributed by atoms with Crippen molar-refractivity contribution in [3.63, 3.8) is 0 Å². The summed E-state index contributed by atoms with van der Waals surface area (Å²) in [7, 11) is 0. The Hall–Kier alpha value is -6.36. The molecule has 3 fully saturated rings. The zero-order valence-corrected chi connectivity index (χ0v) is 40.8. The van der Waals surface area contributed by atoms with Crippen LogP contribution in [-0.2, 0) is 57.5 Å². The van der Waals surface area contributed by atoms with E-state index in [9.17, 15) is 57.5 Å². The van der Waals surface area contributed by atoms with Crippen LogP contribution in [-0.4, -0.2) is 168 Å². The highest BCUT2D eigenvalue weighted by molar-refractivity contribution is 5.99. The minimum absolute atomic E-state index is 0.184. The number of hydrogen-bond donors (Lipinski definition) is 10. The van der Waals surface area contributed by atoms with Crippen molar-refractivity contribution in [1.82, 2.24) is 63.0 Å². The molecule has 0 aliphatic carbocycles. The van der Waals surface area contributed by atoms with E-state index in [0.717, 1.165) is 0 Å². The highest BCUT2D eigenvalue weighted by atomic mass is 16.2. The van der Waals surface area contributed by atoms with Gasteiger partial charge in [0, 0.05) is 13.1 Å². The molecule has 0 aromatic heterocycles. The molecule has 0 saturated carbocycles. The molecule has 24 nitrogen and oxygen atoms in total. The number of fused-ring (bicyclic) bond motifs is 2. The Bertz CT molecular complexity index is 1790. The number of carbonyl (C=O) groups is 12. The maximum atomic E-state index is 13.6. The molecule has 3 aliphatic heterocycles. The fourth-order valence-corrected chi connectivity index (χ4v) is 8.00. The van der Waals surface area contributed by atoms with Crippen LogP contribution in [0.25, 0.3) is 0 Å². The van der Waals surface area contributed by atoms with Crippen molar-refractivity contribution in [2.75, 3.05) is 39.3 Å². The lowest BCUT2D eigenvalue weighted by molar-refractivity contribution is -0.142. The number of amides is 12. The average molecular weight is 961 g/mol. The number of rotatable bonds is 4. The SMILES string of the molecule is CC1NC(=O)C(C(C)C)NC(=O)CNC(=O)C(C(C)C)NC(=O)CNC(=O)C2CCCN2C(=O)C(C)NC(=O)C(C(C)C)NC(=O)CNC(=O)C(C(C)C)NC(=O)CNC(=O)C2CCCN2C1=O. The molecule has 0 aromatic rings. The number of hydrogen-bond acceptors (Lipinski definition) is 12. The molecule has 12 amide bonds. The molecule has 380 valence electrons. The van der Waals surface area contributed by atoms with Crippen molar-refractivity contribution in [2.45, 2.75) is 143 Å². The van der Waals surface area contributed by atoms with Gasteiger partial charge in [-0.25, -0.2) is 0 Å². The van der Waals surface area contributed by atoms with E-state index in [0.29, 0.717) is 12.8 Å². The topological polar surface area (TPSA) is 332 Å². The molecule has 8 unspecified atom stereocenters. The Balaban J connectivity index is 1.83. The van der Waals surface area contributed by atoms with E-state index in [-0.39, 0.29) is 25.9 Å². The van der Waals surface area contributed by atoms with Crippen LogP contribution in [0.15, 0.2) is 0 Å². The van der Waals surface area contributed by atoms with Gasteiger partial charge < -0.3 is 63.0 Å². The molecule has 0 bridgehead atoms. The maximum Gasteiger partial charge on any atom is 0.245 e. The second kappa shape index (κ2) is 25.7. The van der Waals surface area contributed by atoms with Gasteiger partial charge in [0.2, 0.25) is 70.9 Å². The van der Waals surface area contributed by atoms with Crippen LogP contribution in [0.5, 0.6) is 0 Å². The summed E-state index contributed by atoms with van der Waals surface area (Å²) in [6.07, 6.45) is 1.44. The smallest absolute Gasteiger partial charge is 0.245 e. The molecule has 3 aliphatic rings. The van der Waals surface area contributed by atoms with Crippen molar-refractivity contribution < 1.29 is 57.5 Å². The van der Waals surface area contributed by atoms with Crippen molar-refractivity contribution >= 4 is 70.9 Å². The summed E-state index contributed by atoms with van der Waals surface area (Å²) >= 11 is 0. The lowest BCUT2D eigenvalue weighted by Crippen LogP contribution is -2.59. The quantitative estimate of drug-likeness (QED) is 0.129. The largest absolute Gasteiger partial charge is 0.345 e. The first-order valence-corrected chi connectivity index (χ1v) is 23.3. The molecule has 0 aromatic carbocycles. The zero-order valence-electron chi connectivity index (χ0n) is 40.8. The second-order valence-electron chi connectivity index (χ2n) is 18.9. The van der Waals surface area contributed by atoms with E-state index in [1.807, 2.05) is 0 Å². The molecule has 8 atom stereocenters. The van der Waals surface area contributed by atoms with Crippen LogP contribution in [0.4, 0.5) is 0 Å². The van der Waals surface area contributed by atoms with Crippen LogP contribution >= 0.6 is 0 Å². The summed E-state index contributed by atoms with van der Waals surface area (Å²) in [5.41, 5.74) is 0. The highest BCUT2D eigenvalue weighted by Gasteiger charge is 2.40. The summed E-state index contributed by atoms with van der Waals surface area (Å²) in [5.74, 6) is -10.2. The van der Waals surface area contributed by atoms with E-state index < -0.39 is 169 Å². The van der Waals surface area contributed by atoms with Gasteiger partial charge in [-0.05, 0) is 63.2 Å². The summed E-state index contributed by atoms with van der Waals surface area (Å²) in [5, 5.41) is 25.3. The van der Waals surface area contributed by atoms with Gasteiger partial charge in [0.1, 0.15) is 48.3 Å². The average Bonchev–Trinajstić information content (AvgIpc) is 3.97. The fourth-order valence-electron chi connectivity index (χ4n) is 8.00. The first kappa shape index (κ1) is 56.0. The van der Waals surface area contributed by atoms with Crippen LogP contribution < -0.4 is 53.2 Å². The summed E-state index contributed by atoms with van der Waals surface area (Å²) < 4.78 is 0. The van der Waals surface area contributed by atoms with Gasteiger partial charge in [-0.15, -0.1) is 0 Å². The third-order valence-corrected chi connectivity index (χ3v) is 11.9. The van der Waals surface area contributed by atoms with Gasteiger partial charge in [0.05, 0.1) is 26.2 Å². The van der Waals surface area contributed by atoms with Gasteiger partial charge in [-0.2, -0.15) is 0 Å². The molecular weight excluding hydrogens is 889 g/mol. The molecule has 0 spiro atoms. The van der Waals surface area contributed by atoms with E-state index in [1.54, 1.807) is 55.4 Å². The van der Waals surface area contributed by atoms with Crippen molar-refractivity contribution in [2.24, 2.45) is 23.7 Å². The molecule has 3 heterocycles. The highest BCUT2D eigenvalue weighted by Crippen LogP contribution is 2.20. The fraction of sp³-hybridized carbons (Fsp3) is 0.727. The third-order valence-electron chi connectivity index (χ3n) is 11.9. The van der Waals surface area contributed by atoms with Gasteiger partial charge in [-0.3, -0.25) is 57.5 Å². The Kier molecular flexibility index (Phi) is 21.1. The van der Waals surface area contributed by atoms with E-state index >= 15 is 0 Å². The summed E-state index contributed by atoms with van der Waals surface area (Å²) in [6, 6.07) is -8.81. The number of carbonyl (C=O) groups excluding carboxylic acids is 12. The molecule has 0 radical (unpaired) electrons. The van der Waals surface area contributed by atoms with E-state index in [2.05, 4.69) is 53.2 Å². The van der Waals surface area contributed by atoms with Crippen LogP contribution in [0.2, 0.25) is 0 Å². The Labute approximate surface area is 396 Å². The normalized spacial score (nSPS) is 28.4. The van der Waals surface area contributed by atoms with Crippen LogP contribution in [0, 0.1) is 23.7 Å². The molecular formula is C44H72N12O12. The van der Waals surface area contributed by atoms with Gasteiger partial charge in [0.15, 0.2) is 0 Å². The minimum atomic E-state index is -1.15. The van der Waals surface area contributed by atoms with Crippen LogP contribution in [0.3, 0.4) is 0 Å². The minimum Gasteiger partial charge on any atom is -0.345 e. The number of nitrogens with zero attached hydrogens (tertiary/aromatic N) is 2. The predicted molar refractivity (Wildman–Crippen MR) is 244 cm³/mol. The first-order chi connectivity index (χ1) is 31.8. The first-order valence-electron chi connectivity index (χ1n) is 23.3. The molecule has 24 heteroatoms. The zero-order chi connectivity index (χ0) is 51.2. The molecule has 3 saturated heterocycles. The Morgan fingerprint density at radius 1 is 0.368 bits per heavy atom. The lowest BCUT2D eigenvalue weighted by atomic mass is 10.0. The van der Waals surface area contributed by atoms with Gasteiger partial charge in [-0.1, -0.05) is 55.4 Å². The second-order valence-corrected chi connectivity index (χ2v) is 18.9. The molecule has 10 N–H and O–H groups in total. The maximum absolute atomic E-state index is 13.6. The van der Waals surface area contributed by atoms with Crippen molar-refractivity contribution in [1.29, 1.82) is 0 Å². The molecule has 3 rings (SSSR count). The predicted octanol–water partition coefficient (Wildman–Crippen LogP) is -3.98. The monoisotopic (exact) mass is 961 g/mol. The summed E-state index contributed by atoms with van der Waals surface area (Å²) in [6.45, 7) is 14.2. The number of nitrogens with one attached hydrogen (secondary N) is 10. The van der Waals surface area contributed by atoms with E-state index in [4.69, 9.17) is 0 Å². The third kappa shape index (κ3) is 15.9. The van der Waals surface area contributed by atoms with Crippen molar-refractivity contribution in [3.8, 4) is 0 Å². The Morgan fingerprint density at radius 2 is 0.618 bits per heavy atom. The van der Waals surface area contributed by atoms with Crippen LogP contribution in [0.1, 0.15) is 94.9 Å². The van der Waals surface area contributed by atoms with Crippen molar-refractivity contribution in [3.05, 3.63) is 0 Å². The van der Waals surface area contributed by atoms with Gasteiger partial charge in [0.25, 0.3) is 0 Å². The Morgan fingerprint density at radius 3 is 0.882 bits per heavy atom. The van der Waals surface area contributed by atoms with E-state index in [1.165, 1.54) is 23.6 Å². The lowest BCUT2D eigenvalue weighted by Gasteiger charge is -2.29. The van der Waals surface area contributed by atoms with Gasteiger partial charge >= 0.3 is 0 Å².